The minimum absolute atomic E-state index is 0.0477. The molecule has 0 saturated carbocycles. The normalized spacial score (nSPS) is 18.2. The van der Waals surface area contributed by atoms with Gasteiger partial charge in [0.2, 0.25) is 11.8 Å². The number of hydrogen-bond acceptors (Lipinski definition) is 3. The maximum Gasteiger partial charge on any atom is 0.243 e. The molecule has 0 heterocycles. The minimum Gasteiger partial charge on any atom is -0.348 e. The summed E-state index contributed by atoms with van der Waals surface area (Å²) in [4.78, 5) is 24.5. The van der Waals surface area contributed by atoms with Crippen molar-refractivity contribution in [1.82, 2.24) is 10.6 Å². The standard InChI is InChI=1S/C19H28N2O2S/c1-3-18(22)20-17(12-13-24-2)19(23)21-16-11-7-5-9-14-8-4-6-10-15(14)16/h4,6,8,10,16-17H,3,5,7,9,11-13H2,1-2H3,(H,20,22)(H,21,23)/t16-,17+/m1/s1. The van der Waals surface area contributed by atoms with Crippen LogP contribution in [0.4, 0.5) is 0 Å². The van der Waals surface area contributed by atoms with Gasteiger partial charge < -0.3 is 10.6 Å². The fourth-order valence-electron chi connectivity index (χ4n) is 3.14. The van der Waals surface area contributed by atoms with Crippen LogP contribution in [0.25, 0.3) is 0 Å². The number of thioether (sulfide) groups is 1. The Labute approximate surface area is 149 Å². The van der Waals surface area contributed by atoms with Gasteiger partial charge in [0.1, 0.15) is 6.04 Å². The molecule has 2 amide bonds. The molecule has 0 aromatic heterocycles. The lowest BCUT2D eigenvalue weighted by atomic mass is 9.98. The number of aryl methyl sites for hydroxylation is 1. The third-order valence-electron chi connectivity index (χ3n) is 4.52. The van der Waals surface area contributed by atoms with Gasteiger partial charge in [0.15, 0.2) is 0 Å². The van der Waals surface area contributed by atoms with E-state index in [1.54, 1.807) is 18.7 Å². The first-order valence-corrected chi connectivity index (χ1v) is 10.2. The van der Waals surface area contributed by atoms with Gasteiger partial charge in [-0.05, 0) is 48.8 Å². The molecule has 1 aliphatic carbocycles. The van der Waals surface area contributed by atoms with Crippen molar-refractivity contribution >= 4 is 23.6 Å². The van der Waals surface area contributed by atoms with Crippen LogP contribution in [-0.2, 0) is 16.0 Å². The number of carbonyl (C=O) groups is 2. The summed E-state index contributed by atoms with van der Waals surface area (Å²) in [5.41, 5.74) is 2.56. The third-order valence-corrected chi connectivity index (χ3v) is 5.16. The van der Waals surface area contributed by atoms with Gasteiger partial charge in [-0.25, -0.2) is 0 Å². The van der Waals surface area contributed by atoms with Crippen LogP contribution in [0, 0.1) is 0 Å². The third kappa shape index (κ3) is 5.26. The molecule has 2 rings (SSSR count). The van der Waals surface area contributed by atoms with Crippen molar-refractivity contribution in [2.24, 2.45) is 0 Å². The Hall–Kier alpha value is -1.49. The molecule has 1 aliphatic rings. The number of benzene rings is 1. The molecule has 0 spiro atoms. The van der Waals surface area contributed by atoms with Gasteiger partial charge in [0.25, 0.3) is 0 Å². The van der Waals surface area contributed by atoms with Crippen LogP contribution in [0.3, 0.4) is 0 Å². The Kier molecular flexibility index (Phi) is 7.63. The Morgan fingerprint density at radius 3 is 2.83 bits per heavy atom. The molecule has 2 N–H and O–H groups in total. The van der Waals surface area contributed by atoms with E-state index in [4.69, 9.17) is 0 Å². The van der Waals surface area contributed by atoms with Gasteiger partial charge >= 0.3 is 0 Å². The van der Waals surface area contributed by atoms with E-state index >= 15 is 0 Å². The summed E-state index contributed by atoms with van der Waals surface area (Å²) in [6, 6.07) is 7.97. The SMILES string of the molecule is CCC(=O)N[C@@H](CCSC)C(=O)N[C@@H]1CCCCc2ccccc21. The molecule has 0 bridgehead atoms. The second-order valence-corrected chi connectivity index (χ2v) is 7.25. The summed E-state index contributed by atoms with van der Waals surface area (Å²) < 4.78 is 0. The number of amides is 2. The van der Waals surface area contributed by atoms with Crippen molar-refractivity contribution in [3.8, 4) is 0 Å². The predicted molar refractivity (Wildman–Crippen MR) is 100 cm³/mol. The smallest absolute Gasteiger partial charge is 0.243 e. The van der Waals surface area contributed by atoms with Crippen LogP contribution in [0.15, 0.2) is 24.3 Å². The Bertz CT molecular complexity index is 562. The summed E-state index contributed by atoms with van der Waals surface area (Å²) >= 11 is 1.69. The van der Waals surface area contributed by atoms with Gasteiger partial charge in [0, 0.05) is 6.42 Å². The zero-order valence-electron chi connectivity index (χ0n) is 14.6. The molecule has 132 valence electrons. The average Bonchev–Trinajstić information content (AvgIpc) is 2.80. The van der Waals surface area contributed by atoms with Crippen LogP contribution < -0.4 is 10.6 Å². The van der Waals surface area contributed by atoms with Crippen LogP contribution in [0.5, 0.6) is 0 Å². The van der Waals surface area contributed by atoms with Crippen molar-refractivity contribution in [3.63, 3.8) is 0 Å². The maximum absolute atomic E-state index is 12.8. The molecule has 1 aromatic carbocycles. The van der Waals surface area contributed by atoms with Crippen LogP contribution in [0.1, 0.15) is 56.2 Å². The zero-order valence-corrected chi connectivity index (χ0v) is 15.5. The van der Waals surface area contributed by atoms with E-state index in [0.29, 0.717) is 12.8 Å². The van der Waals surface area contributed by atoms with Crippen molar-refractivity contribution < 1.29 is 9.59 Å². The van der Waals surface area contributed by atoms with Crippen LogP contribution in [-0.4, -0.2) is 29.9 Å². The lowest BCUT2D eigenvalue weighted by molar-refractivity contribution is -0.129. The highest BCUT2D eigenvalue weighted by Gasteiger charge is 2.25. The molecule has 24 heavy (non-hydrogen) atoms. The predicted octanol–water partition coefficient (Wildman–Crippen LogP) is 3.22. The molecule has 0 unspecified atom stereocenters. The van der Waals surface area contributed by atoms with E-state index in [2.05, 4.69) is 28.8 Å². The summed E-state index contributed by atoms with van der Waals surface area (Å²) in [6.07, 6.45) is 7.37. The average molecular weight is 349 g/mol. The molecular weight excluding hydrogens is 320 g/mol. The number of fused-ring (bicyclic) bond motifs is 1. The van der Waals surface area contributed by atoms with Gasteiger partial charge in [-0.1, -0.05) is 37.6 Å². The second-order valence-electron chi connectivity index (χ2n) is 6.26. The van der Waals surface area contributed by atoms with E-state index in [0.717, 1.165) is 31.4 Å². The lowest BCUT2D eigenvalue weighted by Gasteiger charge is -2.24. The van der Waals surface area contributed by atoms with E-state index in [1.165, 1.54) is 11.1 Å². The number of nitrogens with one attached hydrogen (secondary N) is 2. The first kappa shape index (κ1) is 18.8. The second kappa shape index (κ2) is 9.72. The quantitative estimate of drug-likeness (QED) is 0.744. The maximum atomic E-state index is 12.8. The monoisotopic (exact) mass is 348 g/mol. The molecule has 2 atom stereocenters. The lowest BCUT2D eigenvalue weighted by Crippen LogP contribution is -2.47. The summed E-state index contributed by atoms with van der Waals surface area (Å²) in [5, 5.41) is 6.06. The zero-order chi connectivity index (χ0) is 17.4. The molecule has 1 aromatic rings. The van der Waals surface area contributed by atoms with Crippen LogP contribution >= 0.6 is 11.8 Å². The molecule has 0 saturated heterocycles. The van der Waals surface area contributed by atoms with E-state index in [-0.39, 0.29) is 17.9 Å². The Morgan fingerprint density at radius 1 is 1.29 bits per heavy atom. The van der Waals surface area contributed by atoms with Gasteiger partial charge in [-0.15, -0.1) is 0 Å². The molecule has 0 aliphatic heterocycles. The molecular formula is C19H28N2O2S. The molecule has 0 fully saturated rings. The Balaban J connectivity index is 2.08. The van der Waals surface area contributed by atoms with Crippen LogP contribution in [0.2, 0.25) is 0 Å². The fraction of sp³-hybridized carbons (Fsp3) is 0.579. The molecule has 5 heteroatoms. The fourth-order valence-corrected chi connectivity index (χ4v) is 3.62. The summed E-state index contributed by atoms with van der Waals surface area (Å²) in [7, 11) is 0. The highest BCUT2D eigenvalue weighted by molar-refractivity contribution is 7.98. The van der Waals surface area contributed by atoms with Crippen molar-refractivity contribution in [3.05, 3.63) is 35.4 Å². The molecule has 4 nitrogen and oxygen atoms in total. The minimum atomic E-state index is -0.444. The highest BCUT2D eigenvalue weighted by atomic mass is 32.2. The van der Waals surface area contributed by atoms with Gasteiger partial charge in [-0.2, -0.15) is 11.8 Å². The highest BCUT2D eigenvalue weighted by Crippen LogP contribution is 2.28. The largest absolute Gasteiger partial charge is 0.348 e. The van der Waals surface area contributed by atoms with Crippen molar-refractivity contribution in [1.29, 1.82) is 0 Å². The van der Waals surface area contributed by atoms with E-state index in [1.807, 2.05) is 12.3 Å². The number of hydrogen-bond donors (Lipinski definition) is 2. The molecule has 0 radical (unpaired) electrons. The first-order chi connectivity index (χ1) is 11.7. The van der Waals surface area contributed by atoms with Crippen molar-refractivity contribution in [2.45, 2.75) is 57.5 Å². The van der Waals surface area contributed by atoms with Gasteiger partial charge in [-0.3, -0.25) is 9.59 Å². The van der Waals surface area contributed by atoms with E-state index in [9.17, 15) is 9.59 Å². The van der Waals surface area contributed by atoms with E-state index < -0.39 is 6.04 Å². The van der Waals surface area contributed by atoms with Crippen molar-refractivity contribution in [2.75, 3.05) is 12.0 Å². The Morgan fingerprint density at radius 2 is 2.08 bits per heavy atom. The topological polar surface area (TPSA) is 58.2 Å². The number of rotatable bonds is 7. The van der Waals surface area contributed by atoms with Gasteiger partial charge in [0.05, 0.1) is 6.04 Å². The summed E-state index contributed by atoms with van der Waals surface area (Å²) in [5.74, 6) is 0.716. The number of carbonyl (C=O) groups excluding carboxylic acids is 2. The summed E-state index contributed by atoms with van der Waals surface area (Å²) in [6.45, 7) is 1.81. The first-order valence-electron chi connectivity index (χ1n) is 8.82.